The van der Waals surface area contributed by atoms with Crippen molar-refractivity contribution in [2.45, 2.75) is 61.1 Å². The Morgan fingerprint density at radius 1 is 1.00 bits per heavy atom. The second-order valence-electron chi connectivity index (χ2n) is 5.37. The van der Waals surface area contributed by atoms with Gasteiger partial charge in [-0.1, -0.05) is 63.6 Å². The van der Waals surface area contributed by atoms with Crippen LogP contribution in [0.2, 0.25) is 0 Å². The molecular formula is C22H33NO2. The molecular weight excluding hydrogens is 310 g/mol. The molecule has 138 valence electrons. The summed E-state index contributed by atoms with van der Waals surface area (Å²) in [4.78, 5) is 11.9. The molecule has 0 aromatic heterocycles. The topological polar surface area (TPSA) is 38.3 Å². The Morgan fingerprint density at radius 2 is 1.60 bits per heavy atom. The predicted octanol–water partition coefficient (Wildman–Crippen LogP) is 6.22. The van der Waals surface area contributed by atoms with Crippen molar-refractivity contribution in [3.8, 4) is 0 Å². The Morgan fingerprint density at radius 3 is 2.16 bits per heavy atom. The standard InChI is InChI=1S/C18H21NO2.2C2H6/c1-13(2)21-18(20)16-5-4-6-17(11-16)19-12-15-9-7-14(3)8-10-15;2*1-2/h4-11,13,19H,12H2,1-3H3;2*1-2H3. The number of hydrogen-bond donors (Lipinski definition) is 1. The predicted molar refractivity (Wildman–Crippen MR) is 108 cm³/mol. The van der Waals surface area contributed by atoms with E-state index in [0.717, 1.165) is 12.2 Å². The van der Waals surface area contributed by atoms with Gasteiger partial charge < -0.3 is 10.1 Å². The first-order valence-corrected chi connectivity index (χ1v) is 9.15. The molecule has 25 heavy (non-hydrogen) atoms. The summed E-state index contributed by atoms with van der Waals surface area (Å²) in [5.41, 5.74) is 3.93. The SMILES string of the molecule is CC.CC.Cc1ccc(CNc2cccc(C(=O)OC(C)C)c2)cc1. The Hall–Kier alpha value is -2.29. The summed E-state index contributed by atoms with van der Waals surface area (Å²) in [6.07, 6.45) is -0.110. The highest BCUT2D eigenvalue weighted by molar-refractivity contribution is 5.90. The molecule has 1 N–H and O–H groups in total. The molecule has 0 heterocycles. The van der Waals surface area contributed by atoms with Crippen molar-refractivity contribution in [2.75, 3.05) is 5.32 Å². The molecule has 3 nitrogen and oxygen atoms in total. The molecule has 0 spiro atoms. The van der Waals surface area contributed by atoms with E-state index >= 15 is 0 Å². The molecule has 0 aliphatic rings. The average Bonchev–Trinajstić information content (AvgIpc) is 2.64. The second-order valence-corrected chi connectivity index (χ2v) is 5.37. The van der Waals surface area contributed by atoms with Gasteiger partial charge in [0.15, 0.2) is 0 Å². The van der Waals surface area contributed by atoms with E-state index in [1.165, 1.54) is 11.1 Å². The van der Waals surface area contributed by atoms with Crippen molar-refractivity contribution in [3.05, 3.63) is 65.2 Å². The van der Waals surface area contributed by atoms with Crippen LogP contribution >= 0.6 is 0 Å². The van der Waals surface area contributed by atoms with Crippen molar-refractivity contribution in [3.63, 3.8) is 0 Å². The van der Waals surface area contributed by atoms with Crippen molar-refractivity contribution in [1.29, 1.82) is 0 Å². The van der Waals surface area contributed by atoms with Crippen LogP contribution in [0.5, 0.6) is 0 Å². The normalized spacial score (nSPS) is 9.28. The molecule has 0 radical (unpaired) electrons. The van der Waals surface area contributed by atoms with Crippen LogP contribution in [0.4, 0.5) is 5.69 Å². The van der Waals surface area contributed by atoms with Gasteiger partial charge >= 0.3 is 5.97 Å². The Labute approximate surface area is 153 Å². The van der Waals surface area contributed by atoms with Crippen molar-refractivity contribution in [2.24, 2.45) is 0 Å². The average molecular weight is 344 g/mol. The van der Waals surface area contributed by atoms with E-state index in [1.54, 1.807) is 6.07 Å². The van der Waals surface area contributed by atoms with Crippen LogP contribution in [0, 0.1) is 6.92 Å². The van der Waals surface area contributed by atoms with Crippen molar-refractivity contribution < 1.29 is 9.53 Å². The van der Waals surface area contributed by atoms with Crippen LogP contribution in [0.25, 0.3) is 0 Å². The van der Waals surface area contributed by atoms with Gasteiger partial charge in [0, 0.05) is 12.2 Å². The van der Waals surface area contributed by atoms with Gasteiger partial charge in [-0.2, -0.15) is 0 Å². The van der Waals surface area contributed by atoms with Gasteiger partial charge in [0.1, 0.15) is 0 Å². The van der Waals surface area contributed by atoms with Gasteiger partial charge in [-0.25, -0.2) is 4.79 Å². The third-order valence-electron chi connectivity index (χ3n) is 3.06. The number of anilines is 1. The highest BCUT2D eigenvalue weighted by Gasteiger charge is 2.09. The number of nitrogens with one attached hydrogen (secondary N) is 1. The molecule has 3 heteroatoms. The lowest BCUT2D eigenvalue weighted by Gasteiger charge is -2.10. The zero-order chi connectivity index (χ0) is 19.2. The second kappa shape index (κ2) is 13.1. The lowest BCUT2D eigenvalue weighted by atomic mass is 10.1. The van der Waals surface area contributed by atoms with E-state index in [2.05, 4.69) is 36.5 Å². The van der Waals surface area contributed by atoms with Crippen molar-refractivity contribution >= 4 is 11.7 Å². The third-order valence-corrected chi connectivity index (χ3v) is 3.06. The number of carbonyl (C=O) groups excluding carboxylic acids is 1. The van der Waals surface area contributed by atoms with E-state index in [9.17, 15) is 4.79 Å². The summed E-state index contributed by atoms with van der Waals surface area (Å²) in [7, 11) is 0. The monoisotopic (exact) mass is 343 g/mol. The minimum absolute atomic E-state index is 0.110. The highest BCUT2D eigenvalue weighted by Crippen LogP contribution is 2.14. The lowest BCUT2D eigenvalue weighted by molar-refractivity contribution is 0.0378. The van der Waals surface area contributed by atoms with Crippen LogP contribution < -0.4 is 5.32 Å². The van der Waals surface area contributed by atoms with Gasteiger partial charge in [0.05, 0.1) is 11.7 Å². The minimum atomic E-state index is -0.288. The first kappa shape index (κ1) is 22.7. The number of esters is 1. The highest BCUT2D eigenvalue weighted by atomic mass is 16.5. The zero-order valence-corrected chi connectivity index (χ0v) is 16.7. The minimum Gasteiger partial charge on any atom is -0.459 e. The number of rotatable bonds is 5. The smallest absolute Gasteiger partial charge is 0.338 e. The fourth-order valence-electron chi connectivity index (χ4n) is 1.95. The Bertz CT molecular complexity index is 604. The largest absolute Gasteiger partial charge is 0.459 e. The van der Waals surface area contributed by atoms with Gasteiger partial charge in [-0.3, -0.25) is 0 Å². The van der Waals surface area contributed by atoms with Gasteiger partial charge in [0.25, 0.3) is 0 Å². The first-order chi connectivity index (χ1) is 12.0. The molecule has 2 rings (SSSR count). The number of ether oxygens (including phenoxy) is 1. The molecule has 0 bridgehead atoms. The summed E-state index contributed by atoms with van der Waals surface area (Å²) in [5, 5.41) is 3.32. The molecule has 2 aromatic rings. The number of benzene rings is 2. The fraction of sp³-hybridized carbons (Fsp3) is 0.409. The lowest BCUT2D eigenvalue weighted by Crippen LogP contribution is -2.11. The molecule has 0 saturated heterocycles. The van der Waals surface area contributed by atoms with Gasteiger partial charge in [-0.05, 0) is 44.5 Å². The van der Waals surface area contributed by atoms with E-state index in [-0.39, 0.29) is 12.1 Å². The molecule has 0 aliphatic heterocycles. The fourth-order valence-corrected chi connectivity index (χ4v) is 1.95. The maximum absolute atomic E-state index is 11.9. The molecule has 2 aromatic carbocycles. The molecule has 0 amide bonds. The maximum atomic E-state index is 11.9. The van der Waals surface area contributed by atoms with Gasteiger partial charge in [-0.15, -0.1) is 0 Å². The van der Waals surface area contributed by atoms with Gasteiger partial charge in [0.2, 0.25) is 0 Å². The zero-order valence-electron chi connectivity index (χ0n) is 16.7. The molecule has 0 atom stereocenters. The van der Waals surface area contributed by atoms with Crippen LogP contribution in [0.1, 0.15) is 63.0 Å². The maximum Gasteiger partial charge on any atom is 0.338 e. The molecule has 0 saturated carbocycles. The third kappa shape index (κ3) is 8.94. The first-order valence-electron chi connectivity index (χ1n) is 9.15. The molecule has 0 unspecified atom stereocenters. The Balaban J connectivity index is 0.00000134. The van der Waals surface area contributed by atoms with Crippen LogP contribution in [0.15, 0.2) is 48.5 Å². The summed E-state index contributed by atoms with van der Waals surface area (Å²) in [5.74, 6) is -0.288. The Kier molecular flexibility index (Phi) is 11.9. The van der Waals surface area contributed by atoms with E-state index in [1.807, 2.05) is 59.7 Å². The van der Waals surface area contributed by atoms with E-state index in [0.29, 0.717) is 5.56 Å². The van der Waals surface area contributed by atoms with Crippen LogP contribution in [-0.2, 0) is 11.3 Å². The van der Waals surface area contributed by atoms with E-state index in [4.69, 9.17) is 4.74 Å². The quantitative estimate of drug-likeness (QED) is 0.654. The summed E-state index contributed by atoms with van der Waals surface area (Å²) in [6, 6.07) is 15.8. The summed E-state index contributed by atoms with van der Waals surface area (Å²) >= 11 is 0. The van der Waals surface area contributed by atoms with E-state index < -0.39 is 0 Å². The number of aryl methyl sites for hydroxylation is 1. The molecule has 0 aliphatic carbocycles. The number of carbonyl (C=O) groups is 1. The number of hydrogen-bond acceptors (Lipinski definition) is 3. The van der Waals surface area contributed by atoms with Crippen LogP contribution in [0.3, 0.4) is 0 Å². The van der Waals surface area contributed by atoms with Crippen LogP contribution in [-0.4, -0.2) is 12.1 Å². The summed E-state index contributed by atoms with van der Waals surface area (Å²) < 4.78 is 5.20. The molecule has 0 fully saturated rings. The van der Waals surface area contributed by atoms with Crippen molar-refractivity contribution in [1.82, 2.24) is 0 Å². The summed E-state index contributed by atoms with van der Waals surface area (Å²) in [6.45, 7) is 14.5.